The lowest BCUT2D eigenvalue weighted by Crippen LogP contribution is -2.13. The number of ether oxygens (including phenoxy) is 1. The van der Waals surface area contributed by atoms with Crippen molar-refractivity contribution in [2.45, 2.75) is 20.4 Å². The summed E-state index contributed by atoms with van der Waals surface area (Å²) >= 11 is 6.09. The lowest BCUT2D eigenvalue weighted by Gasteiger charge is -2.08. The van der Waals surface area contributed by atoms with Gasteiger partial charge in [-0.05, 0) is 38.1 Å². The van der Waals surface area contributed by atoms with Crippen molar-refractivity contribution in [2.24, 2.45) is 10.9 Å². The van der Waals surface area contributed by atoms with Crippen molar-refractivity contribution in [1.29, 1.82) is 0 Å². The molecule has 21 heavy (non-hydrogen) atoms. The molecule has 0 aliphatic heterocycles. The Balaban J connectivity index is 1.93. The molecule has 0 fully saturated rings. The molecule has 0 aliphatic carbocycles. The van der Waals surface area contributed by atoms with E-state index in [1.165, 1.54) is 0 Å². The van der Waals surface area contributed by atoms with E-state index in [2.05, 4.69) is 10.3 Å². The maximum Gasteiger partial charge on any atom is 0.170 e. The molecule has 0 saturated heterocycles. The first-order valence-corrected chi connectivity index (χ1v) is 6.81. The molecule has 0 aliphatic rings. The van der Waals surface area contributed by atoms with Crippen LogP contribution in [0.4, 0.5) is 0 Å². The molecule has 1 aromatic heterocycles. The molecule has 1 aromatic carbocycles. The van der Waals surface area contributed by atoms with Crippen molar-refractivity contribution in [3.63, 3.8) is 0 Å². The highest BCUT2D eigenvalue weighted by Gasteiger charge is 2.08. The van der Waals surface area contributed by atoms with Crippen LogP contribution in [-0.2, 0) is 6.54 Å². The number of aryl methyl sites for hydroxylation is 1. The standard InChI is InChI=1S/C14H17ClN4O2/c1-9-13(15)10(2)19(17-9)7-8-21-12-5-3-11(4-6-12)14(16)18-20/h3-6,20H,7-8H2,1-2H3,(H2,16,18). The van der Waals surface area contributed by atoms with Crippen LogP contribution in [0.2, 0.25) is 5.02 Å². The first-order chi connectivity index (χ1) is 10.0. The van der Waals surface area contributed by atoms with Gasteiger partial charge in [0.15, 0.2) is 5.84 Å². The maximum absolute atomic E-state index is 8.59. The van der Waals surface area contributed by atoms with Crippen LogP contribution in [0.25, 0.3) is 0 Å². The van der Waals surface area contributed by atoms with Gasteiger partial charge in [-0.2, -0.15) is 5.10 Å². The molecule has 0 saturated carbocycles. The van der Waals surface area contributed by atoms with Crippen molar-refractivity contribution in [3.8, 4) is 5.75 Å². The fourth-order valence-electron chi connectivity index (χ4n) is 1.92. The zero-order valence-electron chi connectivity index (χ0n) is 11.9. The molecule has 0 bridgehead atoms. The zero-order valence-corrected chi connectivity index (χ0v) is 12.6. The van der Waals surface area contributed by atoms with E-state index in [1.54, 1.807) is 24.3 Å². The van der Waals surface area contributed by atoms with Crippen LogP contribution in [0, 0.1) is 13.8 Å². The quantitative estimate of drug-likeness (QED) is 0.384. The Morgan fingerprint density at radius 3 is 2.57 bits per heavy atom. The lowest BCUT2D eigenvalue weighted by molar-refractivity contribution is 0.289. The third-order valence-electron chi connectivity index (χ3n) is 3.12. The Morgan fingerprint density at radius 1 is 1.38 bits per heavy atom. The highest BCUT2D eigenvalue weighted by molar-refractivity contribution is 6.31. The number of nitrogens with zero attached hydrogens (tertiary/aromatic N) is 3. The number of nitrogens with two attached hydrogens (primary N) is 1. The van der Waals surface area contributed by atoms with E-state index < -0.39 is 0 Å². The number of amidine groups is 1. The Labute approximate surface area is 127 Å². The number of halogens is 1. The molecular formula is C14H17ClN4O2. The normalized spacial score (nSPS) is 11.7. The summed E-state index contributed by atoms with van der Waals surface area (Å²) in [6.07, 6.45) is 0. The van der Waals surface area contributed by atoms with Crippen LogP contribution < -0.4 is 10.5 Å². The average Bonchev–Trinajstić information content (AvgIpc) is 2.74. The van der Waals surface area contributed by atoms with E-state index in [0.717, 1.165) is 11.4 Å². The van der Waals surface area contributed by atoms with Crippen molar-refractivity contribution >= 4 is 17.4 Å². The number of hydrogen-bond acceptors (Lipinski definition) is 4. The van der Waals surface area contributed by atoms with Crippen LogP contribution in [0.3, 0.4) is 0 Å². The van der Waals surface area contributed by atoms with Gasteiger partial charge in [-0.3, -0.25) is 4.68 Å². The number of oxime groups is 1. The maximum atomic E-state index is 8.59. The first kappa shape index (κ1) is 15.2. The van der Waals surface area contributed by atoms with E-state index in [-0.39, 0.29) is 5.84 Å². The van der Waals surface area contributed by atoms with E-state index in [0.29, 0.717) is 29.5 Å². The second kappa shape index (κ2) is 6.49. The Kier molecular flexibility index (Phi) is 4.70. The molecule has 112 valence electrons. The van der Waals surface area contributed by atoms with Crippen molar-refractivity contribution in [1.82, 2.24) is 9.78 Å². The smallest absolute Gasteiger partial charge is 0.170 e. The largest absolute Gasteiger partial charge is 0.492 e. The predicted molar refractivity (Wildman–Crippen MR) is 81.2 cm³/mol. The molecule has 0 atom stereocenters. The van der Waals surface area contributed by atoms with Gasteiger partial charge in [0.1, 0.15) is 12.4 Å². The minimum absolute atomic E-state index is 0.0684. The molecule has 1 heterocycles. The summed E-state index contributed by atoms with van der Waals surface area (Å²) in [5.74, 6) is 0.774. The molecule has 2 rings (SSSR count). The fourth-order valence-corrected chi connectivity index (χ4v) is 2.06. The average molecular weight is 309 g/mol. The van der Waals surface area contributed by atoms with Gasteiger partial charge in [0.05, 0.1) is 23.0 Å². The molecule has 0 spiro atoms. The summed E-state index contributed by atoms with van der Waals surface area (Å²) in [5, 5.41) is 16.6. The first-order valence-electron chi connectivity index (χ1n) is 6.43. The third kappa shape index (κ3) is 3.46. The van der Waals surface area contributed by atoms with Gasteiger partial charge in [-0.15, -0.1) is 0 Å². The molecule has 7 heteroatoms. The number of aromatic nitrogens is 2. The minimum Gasteiger partial charge on any atom is -0.492 e. The van der Waals surface area contributed by atoms with Gasteiger partial charge in [0.25, 0.3) is 0 Å². The van der Waals surface area contributed by atoms with Gasteiger partial charge in [0, 0.05) is 5.56 Å². The molecular weight excluding hydrogens is 292 g/mol. The van der Waals surface area contributed by atoms with Crippen LogP contribution in [0.15, 0.2) is 29.4 Å². The minimum atomic E-state index is 0.0684. The Morgan fingerprint density at radius 2 is 2.05 bits per heavy atom. The highest BCUT2D eigenvalue weighted by Crippen LogP contribution is 2.19. The molecule has 6 nitrogen and oxygen atoms in total. The predicted octanol–water partition coefficient (Wildman–Crippen LogP) is 2.33. The van der Waals surface area contributed by atoms with Crippen LogP contribution >= 0.6 is 11.6 Å². The van der Waals surface area contributed by atoms with Crippen LogP contribution in [0.1, 0.15) is 17.0 Å². The van der Waals surface area contributed by atoms with Crippen LogP contribution in [-0.4, -0.2) is 27.4 Å². The van der Waals surface area contributed by atoms with Gasteiger partial charge in [-0.1, -0.05) is 16.8 Å². The van der Waals surface area contributed by atoms with Gasteiger partial charge in [-0.25, -0.2) is 0 Å². The van der Waals surface area contributed by atoms with Gasteiger partial charge < -0.3 is 15.7 Å². The molecule has 0 radical (unpaired) electrons. The number of hydrogen-bond donors (Lipinski definition) is 2. The van der Waals surface area contributed by atoms with E-state index in [4.69, 9.17) is 27.3 Å². The summed E-state index contributed by atoms with van der Waals surface area (Å²) in [4.78, 5) is 0. The topological polar surface area (TPSA) is 85.7 Å². The summed E-state index contributed by atoms with van der Waals surface area (Å²) in [7, 11) is 0. The van der Waals surface area contributed by atoms with E-state index in [9.17, 15) is 0 Å². The molecule has 0 amide bonds. The van der Waals surface area contributed by atoms with Crippen molar-refractivity contribution in [2.75, 3.05) is 6.61 Å². The van der Waals surface area contributed by atoms with Gasteiger partial charge in [0.2, 0.25) is 0 Å². The van der Waals surface area contributed by atoms with E-state index >= 15 is 0 Å². The SMILES string of the molecule is Cc1nn(CCOc2ccc(C(N)=NO)cc2)c(C)c1Cl. The lowest BCUT2D eigenvalue weighted by atomic mass is 10.2. The second-order valence-electron chi connectivity index (χ2n) is 4.57. The monoisotopic (exact) mass is 308 g/mol. The Hall–Kier alpha value is -2.21. The van der Waals surface area contributed by atoms with Crippen molar-refractivity contribution < 1.29 is 9.94 Å². The summed E-state index contributed by atoms with van der Waals surface area (Å²) in [6.45, 7) is 4.88. The Bertz CT molecular complexity index is 650. The zero-order chi connectivity index (χ0) is 15.4. The highest BCUT2D eigenvalue weighted by atomic mass is 35.5. The van der Waals surface area contributed by atoms with E-state index in [1.807, 2.05) is 18.5 Å². The summed E-state index contributed by atoms with van der Waals surface area (Å²) in [5.41, 5.74) is 7.87. The summed E-state index contributed by atoms with van der Waals surface area (Å²) < 4.78 is 7.46. The number of benzene rings is 1. The van der Waals surface area contributed by atoms with Crippen molar-refractivity contribution in [3.05, 3.63) is 46.2 Å². The molecule has 0 unspecified atom stereocenters. The fraction of sp³-hybridized carbons (Fsp3) is 0.286. The summed E-state index contributed by atoms with van der Waals surface area (Å²) in [6, 6.07) is 6.98. The van der Waals surface area contributed by atoms with Gasteiger partial charge >= 0.3 is 0 Å². The molecule has 2 aromatic rings. The second-order valence-corrected chi connectivity index (χ2v) is 4.94. The van der Waals surface area contributed by atoms with Crippen LogP contribution in [0.5, 0.6) is 5.75 Å². The number of rotatable bonds is 5. The third-order valence-corrected chi connectivity index (χ3v) is 3.67. The molecule has 3 N–H and O–H groups in total.